The molecule has 0 spiro atoms. The van der Waals surface area contributed by atoms with E-state index in [1.807, 2.05) is 29.1 Å². The Morgan fingerprint density at radius 3 is 2.82 bits per heavy atom. The summed E-state index contributed by atoms with van der Waals surface area (Å²) < 4.78 is 1.88. The van der Waals surface area contributed by atoms with Gasteiger partial charge in [-0.1, -0.05) is 0 Å². The zero-order chi connectivity index (χ0) is 15.5. The highest BCUT2D eigenvalue weighted by Gasteiger charge is 2.08. The van der Waals surface area contributed by atoms with Gasteiger partial charge < -0.3 is 9.72 Å². The predicted octanol–water partition coefficient (Wildman–Crippen LogP) is 3.47. The first kappa shape index (κ1) is 14.2. The van der Waals surface area contributed by atoms with Gasteiger partial charge in [0.15, 0.2) is 0 Å². The van der Waals surface area contributed by atoms with E-state index in [-0.39, 0.29) is 5.91 Å². The normalized spacial score (nSPS) is 10.4. The van der Waals surface area contributed by atoms with Gasteiger partial charge in [-0.3, -0.25) is 4.79 Å². The fourth-order valence-corrected chi connectivity index (χ4v) is 2.49. The first-order valence-electron chi connectivity index (χ1n) is 6.58. The molecular formula is C16H12N4OS. The van der Waals surface area contributed by atoms with E-state index >= 15 is 0 Å². The second-order valence-electron chi connectivity index (χ2n) is 4.74. The number of amides is 1. The topological polar surface area (TPSA) is 70.2 Å². The molecule has 22 heavy (non-hydrogen) atoms. The van der Waals surface area contributed by atoms with Crippen LogP contribution >= 0.6 is 11.8 Å². The SMILES string of the molecule is Cc1cn2ccc(C(=O)Nc3ccc(SC#N)cc3)cc2n1. The van der Waals surface area contributed by atoms with E-state index in [0.717, 1.165) is 28.0 Å². The molecular weight excluding hydrogens is 296 g/mol. The van der Waals surface area contributed by atoms with Crippen molar-refractivity contribution in [2.24, 2.45) is 0 Å². The van der Waals surface area contributed by atoms with Crippen molar-refractivity contribution in [3.8, 4) is 5.40 Å². The summed E-state index contributed by atoms with van der Waals surface area (Å²) in [5.74, 6) is -0.191. The highest BCUT2D eigenvalue weighted by Crippen LogP contribution is 2.19. The molecule has 3 rings (SSSR count). The Hall–Kier alpha value is -2.78. The van der Waals surface area contributed by atoms with Crippen molar-refractivity contribution in [2.75, 3.05) is 5.32 Å². The van der Waals surface area contributed by atoms with Crippen LogP contribution in [0.2, 0.25) is 0 Å². The Morgan fingerprint density at radius 1 is 1.32 bits per heavy atom. The highest BCUT2D eigenvalue weighted by molar-refractivity contribution is 8.03. The Morgan fingerprint density at radius 2 is 2.09 bits per heavy atom. The molecule has 3 aromatic rings. The average Bonchev–Trinajstić information content (AvgIpc) is 2.88. The van der Waals surface area contributed by atoms with E-state index in [1.165, 1.54) is 0 Å². The van der Waals surface area contributed by atoms with Crippen molar-refractivity contribution in [1.29, 1.82) is 5.26 Å². The van der Waals surface area contributed by atoms with Crippen LogP contribution in [0.25, 0.3) is 5.65 Å². The molecule has 0 saturated carbocycles. The van der Waals surface area contributed by atoms with Crippen molar-refractivity contribution >= 4 is 29.0 Å². The number of nitriles is 1. The molecule has 0 radical (unpaired) electrons. The van der Waals surface area contributed by atoms with Gasteiger partial charge in [0.2, 0.25) is 0 Å². The Kier molecular flexibility index (Phi) is 3.81. The van der Waals surface area contributed by atoms with Crippen molar-refractivity contribution in [1.82, 2.24) is 9.38 Å². The molecule has 2 aromatic heterocycles. The molecule has 0 saturated heterocycles. The summed E-state index contributed by atoms with van der Waals surface area (Å²) in [6, 6.07) is 10.6. The van der Waals surface area contributed by atoms with Crippen LogP contribution in [0.1, 0.15) is 16.1 Å². The van der Waals surface area contributed by atoms with E-state index < -0.39 is 0 Å². The zero-order valence-electron chi connectivity index (χ0n) is 11.8. The minimum Gasteiger partial charge on any atom is -0.322 e. The lowest BCUT2D eigenvalue weighted by atomic mass is 10.2. The van der Waals surface area contributed by atoms with E-state index in [4.69, 9.17) is 5.26 Å². The van der Waals surface area contributed by atoms with E-state index in [0.29, 0.717) is 11.3 Å². The van der Waals surface area contributed by atoms with Gasteiger partial charge in [-0.2, -0.15) is 5.26 Å². The minimum atomic E-state index is -0.191. The lowest BCUT2D eigenvalue weighted by Gasteiger charge is -2.06. The molecule has 1 aromatic carbocycles. The van der Waals surface area contributed by atoms with Crippen LogP contribution in [-0.4, -0.2) is 15.3 Å². The lowest BCUT2D eigenvalue weighted by Crippen LogP contribution is -2.12. The molecule has 108 valence electrons. The van der Waals surface area contributed by atoms with Crippen molar-refractivity contribution < 1.29 is 4.79 Å². The molecule has 0 aliphatic rings. The monoisotopic (exact) mass is 308 g/mol. The number of rotatable bonds is 3. The highest BCUT2D eigenvalue weighted by atomic mass is 32.2. The standard InChI is InChI=1S/C16H12N4OS/c1-11-9-20-7-6-12(8-15(20)18-11)16(21)19-13-2-4-14(5-3-13)22-10-17/h2-9H,1H3,(H,19,21). The van der Waals surface area contributed by atoms with Gasteiger partial charge in [-0.15, -0.1) is 0 Å². The number of imidazole rings is 1. The van der Waals surface area contributed by atoms with Crippen LogP contribution in [-0.2, 0) is 0 Å². The number of fused-ring (bicyclic) bond motifs is 1. The van der Waals surface area contributed by atoms with Crippen LogP contribution in [0, 0.1) is 17.6 Å². The third kappa shape index (κ3) is 2.95. The Balaban J connectivity index is 1.78. The van der Waals surface area contributed by atoms with Crippen LogP contribution in [0.15, 0.2) is 53.7 Å². The van der Waals surface area contributed by atoms with Crippen LogP contribution in [0.3, 0.4) is 0 Å². The number of hydrogen-bond acceptors (Lipinski definition) is 4. The second kappa shape index (κ2) is 5.92. The summed E-state index contributed by atoms with van der Waals surface area (Å²) in [6.07, 6.45) is 3.72. The Labute approximate surface area is 131 Å². The molecule has 0 bridgehead atoms. The summed E-state index contributed by atoms with van der Waals surface area (Å²) in [5.41, 5.74) is 2.88. The molecule has 0 aliphatic carbocycles. The second-order valence-corrected chi connectivity index (χ2v) is 5.59. The van der Waals surface area contributed by atoms with E-state index in [9.17, 15) is 4.79 Å². The van der Waals surface area contributed by atoms with Gasteiger partial charge in [-0.05, 0) is 55.1 Å². The predicted molar refractivity (Wildman–Crippen MR) is 85.8 cm³/mol. The summed E-state index contributed by atoms with van der Waals surface area (Å²) in [7, 11) is 0. The largest absolute Gasteiger partial charge is 0.322 e. The third-order valence-electron chi connectivity index (χ3n) is 3.12. The molecule has 5 nitrogen and oxygen atoms in total. The average molecular weight is 308 g/mol. The number of thiocyanates is 1. The smallest absolute Gasteiger partial charge is 0.255 e. The first-order valence-corrected chi connectivity index (χ1v) is 7.40. The zero-order valence-corrected chi connectivity index (χ0v) is 12.6. The molecule has 0 fully saturated rings. The molecule has 2 heterocycles. The summed E-state index contributed by atoms with van der Waals surface area (Å²) in [6.45, 7) is 1.91. The summed E-state index contributed by atoms with van der Waals surface area (Å²) in [4.78, 5) is 17.5. The summed E-state index contributed by atoms with van der Waals surface area (Å²) >= 11 is 1.08. The van der Waals surface area contributed by atoms with Gasteiger partial charge in [0.05, 0.1) is 5.69 Å². The van der Waals surface area contributed by atoms with Crippen molar-refractivity contribution in [3.05, 3.63) is 60.0 Å². The number of aromatic nitrogens is 2. The molecule has 0 unspecified atom stereocenters. The quantitative estimate of drug-likeness (QED) is 0.594. The number of aryl methyl sites for hydroxylation is 1. The van der Waals surface area contributed by atoms with Gasteiger partial charge >= 0.3 is 0 Å². The van der Waals surface area contributed by atoms with E-state index in [2.05, 4.69) is 10.3 Å². The number of pyridine rings is 1. The van der Waals surface area contributed by atoms with Gasteiger partial charge in [0.25, 0.3) is 5.91 Å². The number of nitrogens with one attached hydrogen (secondary N) is 1. The van der Waals surface area contributed by atoms with Crippen molar-refractivity contribution in [3.63, 3.8) is 0 Å². The fourth-order valence-electron chi connectivity index (χ4n) is 2.11. The van der Waals surface area contributed by atoms with Gasteiger partial charge in [0, 0.05) is 28.5 Å². The Bertz CT molecular complexity index is 877. The number of nitrogens with zero attached hydrogens (tertiary/aromatic N) is 3. The third-order valence-corrected chi connectivity index (χ3v) is 3.72. The number of anilines is 1. The molecule has 0 atom stereocenters. The maximum absolute atomic E-state index is 12.3. The number of benzene rings is 1. The minimum absolute atomic E-state index is 0.191. The first-order chi connectivity index (χ1) is 10.7. The van der Waals surface area contributed by atoms with Gasteiger partial charge in [0.1, 0.15) is 11.0 Å². The fraction of sp³-hybridized carbons (Fsp3) is 0.0625. The van der Waals surface area contributed by atoms with Crippen LogP contribution in [0.4, 0.5) is 5.69 Å². The molecule has 1 amide bonds. The van der Waals surface area contributed by atoms with E-state index in [1.54, 1.807) is 36.4 Å². The maximum Gasteiger partial charge on any atom is 0.255 e. The number of carbonyl (C=O) groups excluding carboxylic acids is 1. The molecule has 0 aliphatic heterocycles. The lowest BCUT2D eigenvalue weighted by molar-refractivity contribution is 0.102. The molecule has 6 heteroatoms. The number of thioether (sulfide) groups is 1. The van der Waals surface area contributed by atoms with Gasteiger partial charge in [-0.25, -0.2) is 4.98 Å². The van der Waals surface area contributed by atoms with Crippen LogP contribution in [0.5, 0.6) is 0 Å². The van der Waals surface area contributed by atoms with Crippen molar-refractivity contribution in [2.45, 2.75) is 11.8 Å². The number of hydrogen-bond donors (Lipinski definition) is 1. The maximum atomic E-state index is 12.3. The van der Waals surface area contributed by atoms with Crippen LogP contribution < -0.4 is 5.32 Å². The number of carbonyl (C=O) groups is 1. The molecule has 1 N–H and O–H groups in total. The summed E-state index contributed by atoms with van der Waals surface area (Å²) in [5, 5.41) is 13.4.